The minimum absolute atomic E-state index is 0.00770. The van der Waals surface area contributed by atoms with E-state index in [-0.39, 0.29) is 29.4 Å². The Morgan fingerprint density at radius 3 is 2.64 bits per heavy atom. The molecule has 10 heteroatoms. The van der Waals surface area contributed by atoms with E-state index < -0.39 is 36.0 Å². The maximum absolute atomic E-state index is 14.4. The maximum Gasteiger partial charge on any atom is 0.431 e. The number of benzene rings is 1. The van der Waals surface area contributed by atoms with Gasteiger partial charge in [-0.2, -0.15) is 13.2 Å². The summed E-state index contributed by atoms with van der Waals surface area (Å²) in [4.78, 5) is 21.0. The second-order valence-corrected chi connectivity index (χ2v) is 8.24. The van der Waals surface area contributed by atoms with Crippen LogP contribution in [0.2, 0.25) is 0 Å². The van der Waals surface area contributed by atoms with Crippen LogP contribution in [0.15, 0.2) is 55.1 Å². The van der Waals surface area contributed by atoms with Crippen molar-refractivity contribution in [1.82, 2.24) is 14.5 Å². The first-order chi connectivity index (χ1) is 15.6. The first-order valence-electron chi connectivity index (χ1n) is 10.4. The average molecular weight is 462 g/mol. The molecule has 174 valence electrons. The van der Waals surface area contributed by atoms with Crippen LogP contribution in [0.4, 0.5) is 23.4 Å². The third-order valence-electron chi connectivity index (χ3n) is 5.84. The number of aromatic nitrogens is 3. The normalized spacial score (nSPS) is 23.0. The Balaban J connectivity index is 1.65. The fourth-order valence-corrected chi connectivity index (χ4v) is 4.09. The second-order valence-electron chi connectivity index (χ2n) is 8.24. The Labute approximate surface area is 187 Å². The number of hydrogen-bond donors (Lipinski definition) is 2. The fourth-order valence-electron chi connectivity index (χ4n) is 4.09. The van der Waals surface area contributed by atoms with Gasteiger partial charge in [0.2, 0.25) is 0 Å². The van der Waals surface area contributed by atoms with E-state index in [1.165, 1.54) is 6.20 Å². The summed E-state index contributed by atoms with van der Waals surface area (Å²) in [7, 11) is 0. The van der Waals surface area contributed by atoms with E-state index in [4.69, 9.17) is 0 Å². The summed E-state index contributed by atoms with van der Waals surface area (Å²) in [5, 5.41) is 12.7. The number of aliphatic hydroxyl groups excluding tert-OH is 1. The number of nitrogens with one attached hydrogen (secondary N) is 1. The van der Waals surface area contributed by atoms with E-state index in [2.05, 4.69) is 15.3 Å². The zero-order valence-corrected chi connectivity index (χ0v) is 17.6. The molecular weight excluding hydrogens is 440 g/mol. The Bertz CT molecular complexity index is 1130. The third kappa shape index (κ3) is 4.75. The number of carbonyl (C=O) groups is 1. The topological polar surface area (TPSA) is 80.0 Å². The highest BCUT2D eigenvalue weighted by Crippen LogP contribution is 2.34. The molecule has 0 unspecified atom stereocenters. The van der Waals surface area contributed by atoms with Crippen LogP contribution in [-0.2, 0) is 12.7 Å². The molecule has 0 bridgehead atoms. The zero-order chi connectivity index (χ0) is 23.8. The average Bonchev–Trinajstić information content (AvgIpc) is 3.31. The van der Waals surface area contributed by atoms with Gasteiger partial charge in [0.25, 0.3) is 0 Å². The molecule has 33 heavy (non-hydrogen) atoms. The maximum atomic E-state index is 14.4. The summed E-state index contributed by atoms with van der Waals surface area (Å²) in [6, 6.07) is 8.59. The second kappa shape index (κ2) is 8.93. The Kier molecular flexibility index (Phi) is 6.20. The van der Waals surface area contributed by atoms with E-state index in [0.29, 0.717) is 12.0 Å². The van der Waals surface area contributed by atoms with E-state index in [0.717, 1.165) is 23.2 Å². The minimum Gasteiger partial charge on any atom is -0.390 e. The number of rotatable bonds is 6. The van der Waals surface area contributed by atoms with Crippen molar-refractivity contribution in [2.24, 2.45) is 5.92 Å². The van der Waals surface area contributed by atoms with E-state index >= 15 is 0 Å². The summed E-state index contributed by atoms with van der Waals surface area (Å²) in [5.74, 6) is -1.01. The standard InChI is InChI=1S/C23H22F4N4O2/c1-13-7-17(19(24)20(13)32)30-22-16(9-28-12-29-22)21(33)15-8-18(23(25,26)27)31(11-15)10-14-5-3-2-4-6-14/h2-6,8-9,11-13,17,19-20,32H,7,10H2,1H3,(H,28,29,30)/t13-,17-,19-,20-/m1/s1. The summed E-state index contributed by atoms with van der Waals surface area (Å²) in [5.41, 5.74) is -0.583. The number of anilines is 1. The Hall–Kier alpha value is -3.27. The molecule has 1 saturated carbocycles. The Morgan fingerprint density at radius 2 is 2.00 bits per heavy atom. The van der Waals surface area contributed by atoms with Gasteiger partial charge in [-0.15, -0.1) is 0 Å². The van der Waals surface area contributed by atoms with Gasteiger partial charge in [-0.3, -0.25) is 4.79 Å². The number of nitrogens with zero attached hydrogens (tertiary/aromatic N) is 3. The molecule has 0 saturated heterocycles. The molecule has 2 N–H and O–H groups in total. The molecule has 2 aromatic heterocycles. The molecule has 3 aromatic rings. The number of alkyl halides is 4. The molecule has 0 amide bonds. The number of aliphatic hydroxyl groups is 1. The molecule has 0 spiro atoms. The summed E-state index contributed by atoms with van der Waals surface area (Å²) >= 11 is 0. The van der Waals surface area contributed by atoms with Crippen LogP contribution < -0.4 is 5.32 Å². The van der Waals surface area contributed by atoms with Gasteiger partial charge in [-0.05, 0) is 24.0 Å². The number of halogens is 4. The molecular formula is C23H22F4N4O2. The molecule has 1 aliphatic carbocycles. The van der Waals surface area contributed by atoms with Gasteiger partial charge in [0, 0.05) is 24.5 Å². The molecule has 6 nitrogen and oxygen atoms in total. The van der Waals surface area contributed by atoms with Crippen molar-refractivity contribution in [2.75, 3.05) is 5.32 Å². The van der Waals surface area contributed by atoms with Crippen LogP contribution in [0.1, 0.15) is 40.5 Å². The van der Waals surface area contributed by atoms with Gasteiger partial charge >= 0.3 is 6.18 Å². The van der Waals surface area contributed by atoms with Crippen molar-refractivity contribution in [3.05, 3.63) is 77.5 Å². The van der Waals surface area contributed by atoms with Crippen molar-refractivity contribution < 1.29 is 27.5 Å². The highest BCUT2D eigenvalue weighted by molar-refractivity contribution is 6.11. The van der Waals surface area contributed by atoms with Crippen LogP contribution in [0, 0.1) is 5.92 Å². The number of ketones is 1. The van der Waals surface area contributed by atoms with Gasteiger partial charge in [0.15, 0.2) is 5.78 Å². The first kappa shape index (κ1) is 22.9. The predicted octanol–water partition coefficient (Wildman–Crippen LogP) is 4.10. The van der Waals surface area contributed by atoms with Crippen molar-refractivity contribution in [3.63, 3.8) is 0 Å². The predicted molar refractivity (Wildman–Crippen MR) is 113 cm³/mol. The third-order valence-corrected chi connectivity index (χ3v) is 5.84. The van der Waals surface area contributed by atoms with Crippen LogP contribution >= 0.6 is 0 Å². The van der Waals surface area contributed by atoms with Gasteiger partial charge in [-0.1, -0.05) is 37.3 Å². The largest absolute Gasteiger partial charge is 0.431 e. The summed E-state index contributed by atoms with van der Waals surface area (Å²) < 4.78 is 56.4. The van der Waals surface area contributed by atoms with Crippen molar-refractivity contribution >= 4 is 11.6 Å². The summed E-state index contributed by atoms with van der Waals surface area (Å²) in [6.07, 6.45) is -3.59. The quantitative estimate of drug-likeness (QED) is 0.426. The van der Waals surface area contributed by atoms with Crippen molar-refractivity contribution in [2.45, 2.75) is 44.4 Å². The van der Waals surface area contributed by atoms with Gasteiger partial charge in [0.05, 0.1) is 17.7 Å². The molecule has 1 aromatic carbocycles. The molecule has 4 atom stereocenters. The van der Waals surface area contributed by atoms with Crippen LogP contribution in [0.3, 0.4) is 0 Å². The highest BCUT2D eigenvalue weighted by atomic mass is 19.4. The number of hydrogen-bond acceptors (Lipinski definition) is 5. The number of carbonyl (C=O) groups excluding carboxylic acids is 1. The lowest BCUT2D eigenvalue weighted by Crippen LogP contribution is -2.32. The highest BCUT2D eigenvalue weighted by Gasteiger charge is 2.41. The first-order valence-corrected chi connectivity index (χ1v) is 10.4. The smallest absolute Gasteiger partial charge is 0.390 e. The van der Waals surface area contributed by atoms with E-state index in [1.807, 2.05) is 0 Å². The van der Waals surface area contributed by atoms with E-state index in [1.54, 1.807) is 37.3 Å². The molecule has 2 heterocycles. The molecule has 1 fully saturated rings. The van der Waals surface area contributed by atoms with Crippen LogP contribution in [0.5, 0.6) is 0 Å². The van der Waals surface area contributed by atoms with Crippen LogP contribution in [-0.4, -0.2) is 43.7 Å². The van der Waals surface area contributed by atoms with Gasteiger partial charge in [0.1, 0.15) is 24.0 Å². The monoisotopic (exact) mass is 462 g/mol. The van der Waals surface area contributed by atoms with Gasteiger partial charge < -0.3 is 15.0 Å². The van der Waals surface area contributed by atoms with E-state index in [9.17, 15) is 27.5 Å². The minimum atomic E-state index is -4.67. The SMILES string of the molecule is C[C@@H]1C[C@@H](Nc2ncncc2C(=O)c2cc(C(F)(F)F)n(Cc3ccccc3)c2)[C@@H](F)[C@@H]1O. The zero-order valence-electron chi connectivity index (χ0n) is 17.6. The Morgan fingerprint density at radius 1 is 1.27 bits per heavy atom. The summed E-state index contributed by atoms with van der Waals surface area (Å²) in [6.45, 7) is 1.64. The molecule has 0 radical (unpaired) electrons. The molecule has 4 rings (SSSR count). The lowest BCUT2D eigenvalue weighted by molar-refractivity contribution is -0.143. The van der Waals surface area contributed by atoms with Crippen molar-refractivity contribution in [1.29, 1.82) is 0 Å². The molecule has 0 aliphatic heterocycles. The lowest BCUT2D eigenvalue weighted by atomic mass is 10.1. The fraction of sp³-hybridized carbons (Fsp3) is 0.348. The lowest BCUT2D eigenvalue weighted by Gasteiger charge is -2.18. The van der Waals surface area contributed by atoms with Gasteiger partial charge in [-0.25, -0.2) is 14.4 Å². The van der Waals surface area contributed by atoms with Crippen LogP contribution in [0.25, 0.3) is 0 Å². The van der Waals surface area contributed by atoms with Crippen molar-refractivity contribution in [3.8, 4) is 0 Å². The molecule has 1 aliphatic rings.